The first-order valence-corrected chi connectivity index (χ1v) is 8.01. The summed E-state index contributed by atoms with van der Waals surface area (Å²) in [5.41, 5.74) is 1.00. The van der Waals surface area contributed by atoms with Gasteiger partial charge in [-0.15, -0.1) is 0 Å². The molecule has 0 radical (unpaired) electrons. The van der Waals surface area contributed by atoms with E-state index in [-0.39, 0.29) is 0 Å². The first-order valence-electron chi connectivity index (χ1n) is 7.22. The lowest BCUT2D eigenvalue weighted by Gasteiger charge is -2.36. The van der Waals surface area contributed by atoms with Crippen LogP contribution in [0.1, 0.15) is 24.4 Å². The summed E-state index contributed by atoms with van der Waals surface area (Å²) in [7, 11) is 1.67. The highest BCUT2D eigenvalue weighted by molar-refractivity contribution is 9.10. The second-order valence-electron chi connectivity index (χ2n) is 5.62. The summed E-state index contributed by atoms with van der Waals surface area (Å²) in [6, 6.07) is 4.12. The molecule has 1 aliphatic carbocycles. The molecule has 1 aromatic rings. The average molecular weight is 341 g/mol. The van der Waals surface area contributed by atoms with Crippen LogP contribution in [-0.4, -0.2) is 43.3 Å². The minimum atomic E-state index is 0.309. The Morgan fingerprint density at radius 2 is 2.05 bits per heavy atom. The minimum absolute atomic E-state index is 0.309. The van der Waals surface area contributed by atoms with Gasteiger partial charge < -0.3 is 15.2 Å². The van der Waals surface area contributed by atoms with Crippen molar-refractivity contribution in [2.24, 2.45) is 5.92 Å². The smallest absolute Gasteiger partial charge is 0.134 e. The quantitative estimate of drug-likeness (QED) is 0.883. The van der Waals surface area contributed by atoms with Crippen molar-refractivity contribution in [2.45, 2.75) is 18.9 Å². The summed E-state index contributed by atoms with van der Waals surface area (Å²) in [5.74, 6) is 1.82. The van der Waals surface area contributed by atoms with Crippen molar-refractivity contribution < 1.29 is 9.84 Å². The molecule has 1 saturated carbocycles. The fourth-order valence-electron chi connectivity index (χ4n) is 3.06. The van der Waals surface area contributed by atoms with Crippen LogP contribution < -0.4 is 10.1 Å². The summed E-state index contributed by atoms with van der Waals surface area (Å²) in [4.78, 5) is 2.50. The zero-order valence-corrected chi connectivity index (χ0v) is 13.3. The Labute approximate surface area is 128 Å². The molecule has 110 valence electrons. The van der Waals surface area contributed by atoms with Crippen LogP contribution in [0.3, 0.4) is 0 Å². The molecule has 0 unspecified atom stereocenters. The monoisotopic (exact) mass is 340 g/mol. The Kier molecular flexibility index (Phi) is 4.19. The van der Waals surface area contributed by atoms with E-state index < -0.39 is 0 Å². The number of methoxy groups -OCH3 is 1. The van der Waals surface area contributed by atoms with Crippen molar-refractivity contribution in [3.05, 3.63) is 22.2 Å². The molecule has 2 fully saturated rings. The van der Waals surface area contributed by atoms with E-state index in [0.29, 0.717) is 22.2 Å². The number of nitrogens with zero attached hydrogens (tertiary/aromatic N) is 1. The van der Waals surface area contributed by atoms with Gasteiger partial charge in [0.05, 0.1) is 11.6 Å². The van der Waals surface area contributed by atoms with Gasteiger partial charge in [0.25, 0.3) is 0 Å². The molecule has 0 spiro atoms. The maximum Gasteiger partial charge on any atom is 0.134 e. The van der Waals surface area contributed by atoms with Gasteiger partial charge in [0.2, 0.25) is 0 Å². The molecule has 1 saturated heterocycles. The van der Waals surface area contributed by atoms with E-state index in [9.17, 15) is 5.11 Å². The number of piperazine rings is 1. The molecule has 4 nitrogen and oxygen atoms in total. The molecule has 1 heterocycles. The fourth-order valence-corrected chi connectivity index (χ4v) is 3.51. The second kappa shape index (κ2) is 5.92. The Bertz CT molecular complexity index is 485. The molecule has 1 aromatic carbocycles. The van der Waals surface area contributed by atoms with Gasteiger partial charge in [-0.2, -0.15) is 0 Å². The van der Waals surface area contributed by atoms with Crippen LogP contribution in [0.4, 0.5) is 0 Å². The van der Waals surface area contributed by atoms with Gasteiger partial charge in [-0.25, -0.2) is 0 Å². The molecule has 1 aliphatic heterocycles. The van der Waals surface area contributed by atoms with Gasteiger partial charge in [0.1, 0.15) is 11.5 Å². The summed E-state index contributed by atoms with van der Waals surface area (Å²) in [5, 5.41) is 13.8. The average Bonchev–Trinajstić information content (AvgIpc) is 3.29. The standard InChI is InChI=1S/C15H21BrN2O2/c1-20-11-8-12(15(19)13(16)9-11)14(10-2-3-10)18-6-4-17-5-7-18/h8-10,14,17,19H,2-7H2,1H3/t14-/m0/s1. The van der Waals surface area contributed by atoms with Crippen LogP contribution in [0.5, 0.6) is 11.5 Å². The van der Waals surface area contributed by atoms with Crippen molar-refractivity contribution in [3.63, 3.8) is 0 Å². The number of hydrogen-bond acceptors (Lipinski definition) is 4. The molecule has 1 atom stereocenters. The summed E-state index contributed by atoms with van der Waals surface area (Å²) in [6.07, 6.45) is 2.51. The van der Waals surface area contributed by atoms with Crippen molar-refractivity contribution in [3.8, 4) is 11.5 Å². The summed E-state index contributed by atoms with van der Waals surface area (Å²) < 4.78 is 6.07. The second-order valence-corrected chi connectivity index (χ2v) is 6.47. The Morgan fingerprint density at radius 3 is 2.65 bits per heavy atom. The summed E-state index contributed by atoms with van der Waals surface area (Å²) in [6.45, 7) is 4.12. The molecule has 3 rings (SSSR count). The SMILES string of the molecule is COc1cc(Br)c(O)c([C@H](C2CC2)N2CCNCC2)c1. The lowest BCUT2D eigenvalue weighted by atomic mass is 9.98. The zero-order chi connectivity index (χ0) is 14.1. The fraction of sp³-hybridized carbons (Fsp3) is 0.600. The van der Waals surface area contributed by atoms with Gasteiger partial charge in [0, 0.05) is 37.8 Å². The van der Waals surface area contributed by atoms with Crippen LogP contribution in [-0.2, 0) is 0 Å². The minimum Gasteiger partial charge on any atom is -0.506 e. The molecule has 0 bridgehead atoms. The van der Waals surface area contributed by atoms with Gasteiger partial charge in [0.15, 0.2) is 0 Å². The van der Waals surface area contributed by atoms with E-state index in [4.69, 9.17) is 4.74 Å². The van der Waals surface area contributed by atoms with Crippen molar-refractivity contribution in [2.75, 3.05) is 33.3 Å². The van der Waals surface area contributed by atoms with Crippen molar-refractivity contribution >= 4 is 15.9 Å². The Morgan fingerprint density at radius 1 is 1.35 bits per heavy atom. The van der Waals surface area contributed by atoms with Crippen LogP contribution in [0.25, 0.3) is 0 Å². The number of ether oxygens (including phenoxy) is 1. The highest BCUT2D eigenvalue weighted by atomic mass is 79.9. The van der Waals surface area contributed by atoms with Gasteiger partial charge >= 0.3 is 0 Å². The van der Waals surface area contributed by atoms with Gasteiger partial charge in [-0.05, 0) is 46.8 Å². The number of phenols is 1. The topological polar surface area (TPSA) is 44.7 Å². The number of nitrogens with one attached hydrogen (secondary N) is 1. The maximum atomic E-state index is 10.5. The predicted octanol–water partition coefficient (Wildman–Crippen LogP) is 2.52. The van der Waals surface area contributed by atoms with E-state index >= 15 is 0 Å². The van der Waals surface area contributed by atoms with Crippen LogP contribution in [0.15, 0.2) is 16.6 Å². The molecule has 0 amide bonds. The summed E-state index contributed by atoms with van der Waals surface area (Å²) >= 11 is 3.44. The zero-order valence-electron chi connectivity index (χ0n) is 11.7. The molecular weight excluding hydrogens is 320 g/mol. The molecular formula is C15H21BrN2O2. The largest absolute Gasteiger partial charge is 0.506 e. The van der Waals surface area contributed by atoms with Crippen molar-refractivity contribution in [1.29, 1.82) is 0 Å². The van der Waals surface area contributed by atoms with Gasteiger partial charge in [-0.3, -0.25) is 4.90 Å². The number of aromatic hydroxyl groups is 1. The molecule has 5 heteroatoms. The first-order chi connectivity index (χ1) is 9.70. The molecule has 2 N–H and O–H groups in total. The number of rotatable bonds is 4. The molecule has 0 aromatic heterocycles. The van der Waals surface area contributed by atoms with Crippen LogP contribution >= 0.6 is 15.9 Å². The van der Waals surface area contributed by atoms with Crippen LogP contribution in [0, 0.1) is 5.92 Å². The molecule has 2 aliphatic rings. The highest BCUT2D eigenvalue weighted by Gasteiger charge is 2.38. The van der Waals surface area contributed by atoms with E-state index in [0.717, 1.165) is 37.5 Å². The van der Waals surface area contributed by atoms with E-state index in [1.807, 2.05) is 12.1 Å². The third-order valence-corrected chi connectivity index (χ3v) is 4.84. The van der Waals surface area contributed by atoms with Gasteiger partial charge in [-0.1, -0.05) is 0 Å². The number of halogens is 1. The van der Waals surface area contributed by atoms with Crippen LogP contribution in [0.2, 0.25) is 0 Å². The number of benzene rings is 1. The van der Waals surface area contributed by atoms with E-state index in [1.165, 1.54) is 12.8 Å². The number of hydrogen-bond donors (Lipinski definition) is 2. The third kappa shape index (κ3) is 2.80. The maximum absolute atomic E-state index is 10.5. The van der Waals surface area contributed by atoms with Crippen molar-refractivity contribution in [1.82, 2.24) is 10.2 Å². The predicted molar refractivity (Wildman–Crippen MR) is 82.3 cm³/mol. The van der Waals surface area contributed by atoms with E-state index in [2.05, 4.69) is 26.1 Å². The molecule has 20 heavy (non-hydrogen) atoms. The highest BCUT2D eigenvalue weighted by Crippen LogP contribution is 2.49. The number of phenolic OH excluding ortho intramolecular Hbond substituents is 1. The lowest BCUT2D eigenvalue weighted by Crippen LogP contribution is -2.45. The third-order valence-electron chi connectivity index (χ3n) is 4.23. The Hall–Kier alpha value is -0.780. The van der Waals surface area contributed by atoms with E-state index in [1.54, 1.807) is 7.11 Å². The lowest BCUT2D eigenvalue weighted by molar-refractivity contribution is 0.153. The normalized spacial score (nSPS) is 21.7. The first kappa shape index (κ1) is 14.2. The Balaban J connectivity index is 1.96.